The molecule has 2 nitrogen and oxygen atoms in total. The van der Waals surface area contributed by atoms with Crippen molar-refractivity contribution in [3.63, 3.8) is 0 Å². The van der Waals surface area contributed by atoms with Gasteiger partial charge in [-0.05, 0) is 23.3 Å². The molecule has 0 fully saturated rings. The minimum atomic E-state index is -0.154. The van der Waals surface area contributed by atoms with E-state index in [1.165, 1.54) is 6.07 Å². The van der Waals surface area contributed by atoms with E-state index >= 15 is 0 Å². The molecule has 0 saturated carbocycles. The van der Waals surface area contributed by atoms with E-state index in [1.807, 2.05) is 30.3 Å². The molecule has 0 aromatic heterocycles. The van der Waals surface area contributed by atoms with Crippen molar-refractivity contribution >= 4 is 11.6 Å². The first-order valence-electron chi connectivity index (χ1n) is 4.90. The first kappa shape index (κ1) is 11.0. The minimum absolute atomic E-state index is 0.0859. The first-order chi connectivity index (χ1) is 7.72. The van der Waals surface area contributed by atoms with Gasteiger partial charge in [0, 0.05) is 10.6 Å². The molecule has 2 aromatic carbocycles. The van der Waals surface area contributed by atoms with Gasteiger partial charge >= 0.3 is 0 Å². The molecule has 82 valence electrons. The predicted molar refractivity (Wildman–Crippen MR) is 64.5 cm³/mol. The molecule has 0 aliphatic rings. The second-order valence-electron chi connectivity index (χ2n) is 3.48. The molecule has 2 aromatic rings. The largest absolute Gasteiger partial charge is 0.507 e. The van der Waals surface area contributed by atoms with Gasteiger partial charge in [0.1, 0.15) is 5.75 Å². The van der Waals surface area contributed by atoms with Crippen molar-refractivity contribution in [3.05, 3.63) is 53.1 Å². The van der Waals surface area contributed by atoms with Crippen molar-refractivity contribution in [2.75, 3.05) is 0 Å². The molecule has 0 radical (unpaired) electrons. The van der Waals surface area contributed by atoms with Crippen molar-refractivity contribution in [1.82, 2.24) is 0 Å². The number of aliphatic hydroxyl groups excluding tert-OH is 1. The lowest BCUT2D eigenvalue weighted by Crippen LogP contribution is -1.90. The number of aliphatic hydroxyl groups is 1. The summed E-state index contributed by atoms with van der Waals surface area (Å²) in [5, 5.41) is 19.5. The second-order valence-corrected chi connectivity index (χ2v) is 3.92. The Morgan fingerprint density at radius 3 is 2.38 bits per heavy atom. The van der Waals surface area contributed by atoms with Crippen LogP contribution in [0.1, 0.15) is 5.56 Å². The van der Waals surface area contributed by atoms with Gasteiger partial charge in [0.15, 0.2) is 0 Å². The van der Waals surface area contributed by atoms with Crippen LogP contribution < -0.4 is 0 Å². The fourth-order valence-corrected chi connectivity index (χ4v) is 1.95. The normalized spacial score (nSPS) is 10.4. The number of phenols is 1. The van der Waals surface area contributed by atoms with Crippen molar-refractivity contribution < 1.29 is 10.2 Å². The van der Waals surface area contributed by atoms with Gasteiger partial charge in [-0.2, -0.15) is 0 Å². The number of aromatic hydroxyl groups is 1. The van der Waals surface area contributed by atoms with Gasteiger partial charge in [0.25, 0.3) is 0 Å². The molecule has 2 rings (SSSR count). The summed E-state index contributed by atoms with van der Waals surface area (Å²) in [7, 11) is 0. The van der Waals surface area contributed by atoms with E-state index in [9.17, 15) is 10.2 Å². The molecule has 0 aliphatic carbocycles. The van der Waals surface area contributed by atoms with Crippen LogP contribution in [0, 0.1) is 0 Å². The summed E-state index contributed by atoms with van der Waals surface area (Å²) in [6, 6.07) is 12.5. The number of halogens is 1. The van der Waals surface area contributed by atoms with Gasteiger partial charge < -0.3 is 10.2 Å². The lowest BCUT2D eigenvalue weighted by molar-refractivity contribution is 0.282. The van der Waals surface area contributed by atoms with E-state index in [0.717, 1.165) is 5.56 Å². The minimum Gasteiger partial charge on any atom is -0.507 e. The summed E-state index contributed by atoms with van der Waals surface area (Å²) in [5.41, 5.74) is 2.12. The van der Waals surface area contributed by atoms with E-state index in [0.29, 0.717) is 16.1 Å². The Bertz CT molecular complexity index is 495. The Hall–Kier alpha value is -1.51. The molecule has 2 N–H and O–H groups in total. The third-order valence-electron chi connectivity index (χ3n) is 2.40. The Morgan fingerprint density at radius 2 is 1.75 bits per heavy atom. The second kappa shape index (κ2) is 4.56. The third kappa shape index (κ3) is 2.03. The molecule has 0 saturated heterocycles. The van der Waals surface area contributed by atoms with Gasteiger partial charge in [0.2, 0.25) is 0 Å². The molecule has 0 atom stereocenters. The summed E-state index contributed by atoms with van der Waals surface area (Å²) in [6.45, 7) is -0.154. The van der Waals surface area contributed by atoms with Gasteiger partial charge in [-0.3, -0.25) is 0 Å². The van der Waals surface area contributed by atoms with Crippen LogP contribution in [0.4, 0.5) is 0 Å². The maximum Gasteiger partial charge on any atom is 0.125 e. The summed E-state index contributed by atoms with van der Waals surface area (Å²) in [5.74, 6) is 0.0859. The first-order valence-corrected chi connectivity index (χ1v) is 5.28. The van der Waals surface area contributed by atoms with Gasteiger partial charge in [-0.25, -0.2) is 0 Å². The smallest absolute Gasteiger partial charge is 0.125 e. The van der Waals surface area contributed by atoms with Crippen LogP contribution in [-0.2, 0) is 6.61 Å². The van der Waals surface area contributed by atoms with E-state index in [4.69, 9.17) is 11.6 Å². The van der Waals surface area contributed by atoms with Gasteiger partial charge in [-0.15, -0.1) is 0 Å². The molecule has 0 aliphatic heterocycles. The van der Waals surface area contributed by atoms with Crippen molar-refractivity contribution in [1.29, 1.82) is 0 Å². The van der Waals surface area contributed by atoms with Crippen molar-refractivity contribution in [3.8, 4) is 16.9 Å². The maximum absolute atomic E-state index is 9.86. The zero-order valence-electron chi connectivity index (χ0n) is 8.52. The quantitative estimate of drug-likeness (QED) is 0.838. The van der Waals surface area contributed by atoms with Gasteiger partial charge in [0.05, 0.1) is 6.61 Å². The molecule has 3 heteroatoms. The zero-order valence-corrected chi connectivity index (χ0v) is 9.28. The van der Waals surface area contributed by atoms with E-state index < -0.39 is 0 Å². The van der Waals surface area contributed by atoms with Crippen LogP contribution in [0.5, 0.6) is 5.75 Å². The van der Waals surface area contributed by atoms with Crippen LogP contribution in [0.15, 0.2) is 42.5 Å². The van der Waals surface area contributed by atoms with Crippen molar-refractivity contribution in [2.45, 2.75) is 6.61 Å². The van der Waals surface area contributed by atoms with Crippen molar-refractivity contribution in [2.24, 2.45) is 0 Å². The molecule has 0 unspecified atom stereocenters. The zero-order chi connectivity index (χ0) is 11.5. The third-order valence-corrected chi connectivity index (χ3v) is 2.62. The Kier molecular flexibility index (Phi) is 3.13. The number of rotatable bonds is 2. The molecular formula is C13H11ClO2. The van der Waals surface area contributed by atoms with Crippen LogP contribution in [-0.4, -0.2) is 10.2 Å². The van der Waals surface area contributed by atoms with Gasteiger partial charge in [-0.1, -0.05) is 41.9 Å². The standard InChI is InChI=1S/C13H11ClO2/c14-11-6-10(8-15)13(12(16)7-11)9-4-2-1-3-5-9/h1-7,15-16H,8H2. The fraction of sp³-hybridized carbons (Fsp3) is 0.0769. The molecule has 0 spiro atoms. The SMILES string of the molecule is OCc1cc(Cl)cc(O)c1-c1ccccc1. The molecular weight excluding hydrogens is 224 g/mol. The Morgan fingerprint density at radius 1 is 1.06 bits per heavy atom. The summed E-state index contributed by atoms with van der Waals surface area (Å²) >= 11 is 5.82. The summed E-state index contributed by atoms with van der Waals surface area (Å²) < 4.78 is 0. The van der Waals surface area contributed by atoms with E-state index in [-0.39, 0.29) is 12.4 Å². The number of phenolic OH excluding ortho intramolecular Hbond substituents is 1. The molecule has 0 amide bonds. The Labute approximate surface area is 98.7 Å². The van der Waals surface area contributed by atoms with Crippen LogP contribution in [0.2, 0.25) is 5.02 Å². The molecule has 0 bridgehead atoms. The van der Waals surface area contributed by atoms with Crippen LogP contribution in [0.25, 0.3) is 11.1 Å². The Balaban J connectivity index is 2.64. The average Bonchev–Trinajstić information content (AvgIpc) is 2.29. The monoisotopic (exact) mass is 234 g/mol. The highest BCUT2D eigenvalue weighted by Gasteiger charge is 2.10. The highest BCUT2D eigenvalue weighted by molar-refractivity contribution is 6.31. The average molecular weight is 235 g/mol. The molecule has 16 heavy (non-hydrogen) atoms. The van der Waals surface area contributed by atoms with E-state index in [2.05, 4.69) is 0 Å². The van der Waals surface area contributed by atoms with Crippen LogP contribution >= 0.6 is 11.6 Å². The lowest BCUT2D eigenvalue weighted by Gasteiger charge is -2.10. The lowest BCUT2D eigenvalue weighted by atomic mass is 9.99. The van der Waals surface area contributed by atoms with E-state index in [1.54, 1.807) is 6.07 Å². The highest BCUT2D eigenvalue weighted by atomic mass is 35.5. The maximum atomic E-state index is 9.86. The summed E-state index contributed by atoms with van der Waals surface area (Å²) in [4.78, 5) is 0. The van der Waals surface area contributed by atoms with Crippen LogP contribution in [0.3, 0.4) is 0 Å². The topological polar surface area (TPSA) is 40.5 Å². The predicted octanol–water partition coefficient (Wildman–Crippen LogP) is 3.20. The number of hydrogen-bond donors (Lipinski definition) is 2. The number of benzene rings is 2. The summed E-state index contributed by atoms with van der Waals surface area (Å²) in [6.07, 6.45) is 0. The molecule has 0 heterocycles. The fourth-order valence-electron chi connectivity index (χ4n) is 1.71. The number of hydrogen-bond acceptors (Lipinski definition) is 2. The highest BCUT2D eigenvalue weighted by Crippen LogP contribution is 2.35.